The van der Waals surface area contributed by atoms with Crippen molar-refractivity contribution in [3.63, 3.8) is 0 Å². The van der Waals surface area contributed by atoms with E-state index in [1.165, 1.54) is 0 Å². The molecule has 0 spiro atoms. The van der Waals surface area contributed by atoms with Crippen LogP contribution in [0.25, 0.3) is 0 Å². The average molecular weight is 333 g/mol. The molecule has 120 valence electrons. The smallest absolute Gasteiger partial charge is 0.216 e. The van der Waals surface area contributed by atoms with E-state index in [1.807, 2.05) is 19.2 Å². The van der Waals surface area contributed by atoms with Gasteiger partial charge in [0.1, 0.15) is 5.01 Å². The fraction of sp³-hybridized carbons (Fsp3) is 0.769. The largest absolute Gasteiger partial charge is 0.378 e. The van der Waals surface area contributed by atoms with Gasteiger partial charge in [-0.15, -0.1) is 11.3 Å². The normalized spacial score (nSPS) is 18.4. The van der Waals surface area contributed by atoms with Gasteiger partial charge >= 0.3 is 0 Å². The van der Waals surface area contributed by atoms with Crippen molar-refractivity contribution in [1.29, 1.82) is 0 Å². The highest BCUT2D eigenvalue weighted by Gasteiger charge is 2.26. The van der Waals surface area contributed by atoms with Crippen LogP contribution in [-0.4, -0.2) is 67.2 Å². The molecule has 1 aromatic rings. The monoisotopic (exact) mass is 333 g/mol. The molecule has 2 rings (SSSR count). The Morgan fingerprint density at radius 1 is 1.33 bits per heavy atom. The molecule has 0 amide bonds. The lowest BCUT2D eigenvalue weighted by molar-refractivity contribution is 0.0902. The first-order chi connectivity index (χ1) is 9.97. The molecule has 1 aliphatic heterocycles. The topological polar surface area (TPSA) is 62.7 Å². The summed E-state index contributed by atoms with van der Waals surface area (Å²) in [5.74, 6) is 0.0671. The molecular weight excluding hydrogens is 310 g/mol. The van der Waals surface area contributed by atoms with E-state index in [-0.39, 0.29) is 18.5 Å². The molecule has 1 aromatic heterocycles. The number of ether oxygens (including phenoxy) is 1. The van der Waals surface area contributed by atoms with Crippen LogP contribution in [0, 0.1) is 0 Å². The van der Waals surface area contributed by atoms with E-state index in [4.69, 9.17) is 4.74 Å². The fourth-order valence-corrected chi connectivity index (χ4v) is 4.15. The van der Waals surface area contributed by atoms with Gasteiger partial charge in [-0.05, 0) is 13.8 Å². The summed E-state index contributed by atoms with van der Waals surface area (Å²) in [6.45, 7) is 7.49. The van der Waals surface area contributed by atoms with Crippen LogP contribution in [0.2, 0.25) is 0 Å². The van der Waals surface area contributed by atoms with Crippen molar-refractivity contribution in [2.24, 2.45) is 0 Å². The van der Waals surface area contributed by atoms with Gasteiger partial charge in [-0.25, -0.2) is 13.4 Å². The number of piperazine rings is 1. The zero-order valence-electron chi connectivity index (χ0n) is 12.6. The summed E-state index contributed by atoms with van der Waals surface area (Å²) in [4.78, 5) is 6.51. The lowest BCUT2D eigenvalue weighted by Crippen LogP contribution is -2.49. The second-order valence-corrected chi connectivity index (χ2v) is 8.40. The van der Waals surface area contributed by atoms with E-state index in [0.29, 0.717) is 13.1 Å². The molecule has 0 saturated carbocycles. The number of hydrogen-bond donors (Lipinski definition) is 0. The number of thiazole rings is 1. The molecule has 0 atom stereocenters. The third-order valence-corrected chi connectivity index (χ3v) is 5.96. The molecule has 2 heterocycles. The van der Waals surface area contributed by atoms with Crippen LogP contribution in [0.5, 0.6) is 0 Å². The second kappa shape index (κ2) is 7.64. The van der Waals surface area contributed by atoms with E-state index >= 15 is 0 Å². The molecule has 6 nitrogen and oxygen atoms in total. The number of sulfonamides is 1. The second-order valence-electron chi connectivity index (χ2n) is 5.34. The molecule has 0 aromatic carbocycles. The molecule has 0 N–H and O–H groups in total. The highest BCUT2D eigenvalue weighted by Crippen LogP contribution is 2.13. The van der Waals surface area contributed by atoms with Crippen molar-refractivity contribution in [2.75, 3.05) is 38.5 Å². The van der Waals surface area contributed by atoms with Gasteiger partial charge in [0.05, 0.1) is 25.0 Å². The van der Waals surface area contributed by atoms with Crippen molar-refractivity contribution >= 4 is 21.4 Å². The van der Waals surface area contributed by atoms with Gasteiger partial charge in [0.25, 0.3) is 0 Å². The summed E-state index contributed by atoms with van der Waals surface area (Å²) in [5.41, 5.74) is 0. The quantitative estimate of drug-likeness (QED) is 0.745. The lowest BCUT2D eigenvalue weighted by Gasteiger charge is -2.33. The molecule has 8 heteroatoms. The Labute approximate surface area is 130 Å². The molecule has 1 aliphatic rings. The maximum atomic E-state index is 12.2. The molecule has 0 unspecified atom stereocenters. The predicted octanol–water partition coefficient (Wildman–Crippen LogP) is 1.02. The fourth-order valence-electron chi connectivity index (χ4n) is 2.21. The predicted molar refractivity (Wildman–Crippen MR) is 83.8 cm³/mol. The standard InChI is InChI=1S/C13H23N3O3S2/c1-12(2)19-8-10-21(17,18)16-6-4-15(5-7-16)11-13-14-3-9-20-13/h3,9,12H,4-8,10-11H2,1-2H3. The maximum Gasteiger partial charge on any atom is 0.216 e. The summed E-state index contributed by atoms with van der Waals surface area (Å²) in [6.07, 6.45) is 1.87. The van der Waals surface area contributed by atoms with E-state index in [2.05, 4.69) is 9.88 Å². The summed E-state index contributed by atoms with van der Waals surface area (Å²) in [7, 11) is -3.20. The van der Waals surface area contributed by atoms with Gasteiger partial charge in [0, 0.05) is 37.8 Å². The molecule has 1 saturated heterocycles. The van der Waals surface area contributed by atoms with E-state index in [9.17, 15) is 8.42 Å². The Hall–Kier alpha value is -0.540. The summed E-state index contributed by atoms with van der Waals surface area (Å²) < 4.78 is 31.3. The Morgan fingerprint density at radius 2 is 2.05 bits per heavy atom. The van der Waals surface area contributed by atoms with Crippen LogP contribution in [-0.2, 0) is 21.3 Å². The Kier molecular flexibility index (Phi) is 6.12. The average Bonchev–Trinajstić information content (AvgIpc) is 2.91. The van der Waals surface area contributed by atoms with Crippen molar-refractivity contribution < 1.29 is 13.2 Å². The summed E-state index contributed by atoms with van der Waals surface area (Å²) in [5, 5.41) is 3.04. The summed E-state index contributed by atoms with van der Waals surface area (Å²) >= 11 is 1.64. The zero-order chi connectivity index (χ0) is 15.3. The minimum atomic E-state index is -3.20. The highest BCUT2D eigenvalue weighted by molar-refractivity contribution is 7.89. The molecule has 0 aliphatic carbocycles. The molecule has 0 radical (unpaired) electrons. The van der Waals surface area contributed by atoms with Gasteiger partial charge in [-0.2, -0.15) is 4.31 Å². The van der Waals surface area contributed by atoms with Crippen LogP contribution in [0.1, 0.15) is 18.9 Å². The van der Waals surface area contributed by atoms with E-state index in [0.717, 1.165) is 24.6 Å². The Bertz CT molecular complexity index is 509. The van der Waals surface area contributed by atoms with Crippen molar-refractivity contribution in [3.8, 4) is 0 Å². The first-order valence-corrected chi connectivity index (χ1v) is 9.66. The van der Waals surface area contributed by atoms with Gasteiger partial charge in [0.15, 0.2) is 0 Å². The first-order valence-electron chi connectivity index (χ1n) is 7.17. The molecule has 0 bridgehead atoms. The van der Waals surface area contributed by atoms with Crippen LogP contribution >= 0.6 is 11.3 Å². The third kappa shape index (κ3) is 5.30. The zero-order valence-corrected chi connectivity index (χ0v) is 14.2. The summed E-state index contributed by atoms with van der Waals surface area (Å²) in [6, 6.07) is 0. The number of hydrogen-bond acceptors (Lipinski definition) is 6. The van der Waals surface area contributed by atoms with Crippen LogP contribution in [0.15, 0.2) is 11.6 Å². The minimum Gasteiger partial charge on any atom is -0.378 e. The van der Waals surface area contributed by atoms with E-state index < -0.39 is 10.0 Å². The number of rotatable bonds is 7. The minimum absolute atomic E-state index is 0.0651. The van der Waals surface area contributed by atoms with Crippen LogP contribution < -0.4 is 0 Å². The third-order valence-electron chi connectivity index (χ3n) is 3.36. The van der Waals surface area contributed by atoms with Crippen LogP contribution in [0.3, 0.4) is 0 Å². The number of aromatic nitrogens is 1. The van der Waals surface area contributed by atoms with Crippen LogP contribution in [0.4, 0.5) is 0 Å². The van der Waals surface area contributed by atoms with Gasteiger partial charge in [-0.3, -0.25) is 4.90 Å². The van der Waals surface area contributed by atoms with Gasteiger partial charge in [0.2, 0.25) is 10.0 Å². The van der Waals surface area contributed by atoms with Crippen molar-refractivity contribution in [1.82, 2.24) is 14.2 Å². The van der Waals surface area contributed by atoms with Gasteiger partial charge in [-0.1, -0.05) is 0 Å². The lowest BCUT2D eigenvalue weighted by atomic mass is 10.3. The van der Waals surface area contributed by atoms with Crippen molar-refractivity contribution in [2.45, 2.75) is 26.5 Å². The Balaban J connectivity index is 1.77. The molecular formula is C13H23N3O3S2. The molecule has 21 heavy (non-hydrogen) atoms. The first kappa shape index (κ1) is 16.8. The van der Waals surface area contributed by atoms with E-state index in [1.54, 1.807) is 21.8 Å². The van der Waals surface area contributed by atoms with Crippen molar-refractivity contribution in [3.05, 3.63) is 16.6 Å². The SMILES string of the molecule is CC(C)OCCS(=O)(=O)N1CCN(Cc2nccs2)CC1. The number of nitrogens with zero attached hydrogens (tertiary/aromatic N) is 3. The Morgan fingerprint density at radius 3 is 2.62 bits per heavy atom. The van der Waals surface area contributed by atoms with Gasteiger partial charge < -0.3 is 4.74 Å². The molecule has 1 fully saturated rings. The maximum absolute atomic E-state index is 12.2. The highest BCUT2D eigenvalue weighted by atomic mass is 32.2.